The van der Waals surface area contributed by atoms with Gasteiger partial charge in [0, 0.05) is 0 Å². The van der Waals surface area contributed by atoms with Crippen LogP contribution in [0.2, 0.25) is 5.02 Å². The normalized spacial score (nSPS) is 11.9. The fraction of sp³-hybridized carbons (Fsp3) is 0.150. The van der Waals surface area contributed by atoms with E-state index in [1.165, 1.54) is 18.2 Å². The Balaban J connectivity index is 1.90. The molecule has 0 saturated carbocycles. The average molecular weight is 456 g/mol. The zero-order valence-corrected chi connectivity index (χ0v) is 16.3. The molecule has 3 N–H and O–H groups in total. The third-order valence-electron chi connectivity index (χ3n) is 4.47. The quantitative estimate of drug-likeness (QED) is 0.497. The van der Waals surface area contributed by atoms with Gasteiger partial charge in [-0.2, -0.15) is 4.39 Å². The number of aryl methyl sites for hydroxylation is 1. The summed E-state index contributed by atoms with van der Waals surface area (Å²) in [5, 5.41) is 2.24. The SMILES string of the molecule is O=C(NC(CCc1ccc(F)c(F)c1)c1ccc(Cl)c(F)c1)c1[nH]c(=O)[nH]c(=O)c1F. The molecule has 0 saturated heterocycles. The van der Waals surface area contributed by atoms with Crippen LogP contribution in [0.1, 0.15) is 34.1 Å². The molecule has 0 spiro atoms. The molecule has 3 rings (SSSR count). The van der Waals surface area contributed by atoms with Gasteiger partial charge in [0.25, 0.3) is 11.5 Å². The second-order valence-electron chi connectivity index (χ2n) is 6.58. The molecule has 0 radical (unpaired) electrons. The highest BCUT2D eigenvalue weighted by atomic mass is 35.5. The van der Waals surface area contributed by atoms with Gasteiger partial charge in [0.05, 0.1) is 11.1 Å². The summed E-state index contributed by atoms with van der Waals surface area (Å²) >= 11 is 5.68. The van der Waals surface area contributed by atoms with Crippen LogP contribution in [0.15, 0.2) is 46.0 Å². The van der Waals surface area contributed by atoms with Crippen molar-refractivity contribution in [2.24, 2.45) is 0 Å². The molecule has 2 aromatic carbocycles. The van der Waals surface area contributed by atoms with Crippen LogP contribution in [0.4, 0.5) is 17.6 Å². The van der Waals surface area contributed by atoms with E-state index in [2.05, 4.69) is 5.32 Å². The van der Waals surface area contributed by atoms with Gasteiger partial charge >= 0.3 is 5.69 Å². The van der Waals surface area contributed by atoms with E-state index in [1.807, 2.05) is 4.98 Å². The summed E-state index contributed by atoms with van der Waals surface area (Å²) in [6, 6.07) is 6.02. The topological polar surface area (TPSA) is 94.8 Å². The van der Waals surface area contributed by atoms with Crippen molar-refractivity contribution in [3.63, 3.8) is 0 Å². The van der Waals surface area contributed by atoms with Gasteiger partial charge in [0.15, 0.2) is 11.6 Å². The van der Waals surface area contributed by atoms with Gasteiger partial charge in [0.1, 0.15) is 11.5 Å². The molecular weight excluding hydrogens is 442 g/mol. The molecule has 6 nitrogen and oxygen atoms in total. The maximum Gasteiger partial charge on any atom is 0.326 e. The minimum atomic E-state index is -1.50. The van der Waals surface area contributed by atoms with Crippen LogP contribution < -0.4 is 16.6 Å². The van der Waals surface area contributed by atoms with Crippen LogP contribution in [0.3, 0.4) is 0 Å². The largest absolute Gasteiger partial charge is 0.344 e. The minimum Gasteiger partial charge on any atom is -0.344 e. The first-order chi connectivity index (χ1) is 14.7. The molecule has 1 unspecified atom stereocenters. The van der Waals surface area contributed by atoms with Crippen LogP contribution in [0.5, 0.6) is 0 Å². The lowest BCUT2D eigenvalue weighted by Gasteiger charge is -2.20. The van der Waals surface area contributed by atoms with E-state index in [0.29, 0.717) is 5.56 Å². The molecule has 0 aliphatic rings. The van der Waals surface area contributed by atoms with Crippen molar-refractivity contribution in [2.45, 2.75) is 18.9 Å². The number of carbonyl (C=O) groups excluding carboxylic acids is 1. The Morgan fingerprint density at radius 3 is 2.39 bits per heavy atom. The highest BCUT2D eigenvalue weighted by molar-refractivity contribution is 6.30. The molecule has 162 valence electrons. The monoisotopic (exact) mass is 455 g/mol. The first-order valence-electron chi connectivity index (χ1n) is 8.87. The molecule has 0 aliphatic heterocycles. The summed E-state index contributed by atoms with van der Waals surface area (Å²) in [7, 11) is 0. The number of aromatic amines is 2. The molecule has 11 heteroatoms. The minimum absolute atomic E-state index is 0.0624. The number of aromatic nitrogens is 2. The number of hydrogen-bond acceptors (Lipinski definition) is 3. The summed E-state index contributed by atoms with van der Waals surface area (Å²) in [5.41, 5.74) is -2.74. The maximum atomic E-state index is 14.0. The summed E-state index contributed by atoms with van der Waals surface area (Å²) in [4.78, 5) is 38.8. The summed E-state index contributed by atoms with van der Waals surface area (Å²) < 4.78 is 54.5. The molecule has 0 aliphatic carbocycles. The lowest BCUT2D eigenvalue weighted by Crippen LogP contribution is -2.36. The highest BCUT2D eigenvalue weighted by Crippen LogP contribution is 2.24. The molecule has 1 atom stereocenters. The van der Waals surface area contributed by atoms with Gasteiger partial charge in [-0.1, -0.05) is 23.7 Å². The van der Waals surface area contributed by atoms with E-state index < -0.39 is 52.2 Å². The molecule has 1 amide bonds. The van der Waals surface area contributed by atoms with Crippen LogP contribution in [-0.4, -0.2) is 15.9 Å². The van der Waals surface area contributed by atoms with Crippen molar-refractivity contribution in [1.29, 1.82) is 0 Å². The fourth-order valence-corrected chi connectivity index (χ4v) is 3.03. The predicted molar refractivity (Wildman–Crippen MR) is 104 cm³/mol. The molecule has 1 aromatic heterocycles. The van der Waals surface area contributed by atoms with Gasteiger partial charge in [-0.05, 0) is 48.2 Å². The summed E-state index contributed by atoms with van der Waals surface area (Å²) in [6.45, 7) is 0. The Hall–Kier alpha value is -3.40. The second kappa shape index (κ2) is 9.17. The number of halogens is 5. The van der Waals surface area contributed by atoms with Crippen molar-refractivity contribution < 1.29 is 22.4 Å². The lowest BCUT2D eigenvalue weighted by molar-refractivity contribution is 0.0924. The number of amides is 1. The standard InChI is InChI=1S/C20H14ClF4N3O3/c21-11-4-3-10(8-13(11)23)15(6-2-9-1-5-12(22)14(24)7-9)26-19(30)17-16(25)18(29)28-20(31)27-17/h1,3-5,7-8,15H,2,6H2,(H,26,30)(H2,27,28,29,31). The Bertz CT molecular complexity index is 1260. The zero-order chi connectivity index (χ0) is 22.7. The van der Waals surface area contributed by atoms with Crippen molar-refractivity contribution in [1.82, 2.24) is 15.3 Å². The Morgan fingerprint density at radius 2 is 1.71 bits per heavy atom. The predicted octanol–water partition coefficient (Wildman–Crippen LogP) is 3.38. The Morgan fingerprint density at radius 1 is 0.968 bits per heavy atom. The van der Waals surface area contributed by atoms with Crippen LogP contribution in [-0.2, 0) is 6.42 Å². The molecule has 31 heavy (non-hydrogen) atoms. The second-order valence-corrected chi connectivity index (χ2v) is 6.99. The number of hydrogen-bond donors (Lipinski definition) is 3. The van der Waals surface area contributed by atoms with Gasteiger partial charge in [-0.25, -0.2) is 18.0 Å². The number of rotatable bonds is 6. The van der Waals surface area contributed by atoms with Gasteiger partial charge in [-0.3, -0.25) is 14.6 Å². The molecular formula is C20H14ClF4N3O3. The van der Waals surface area contributed by atoms with E-state index in [4.69, 9.17) is 11.6 Å². The lowest BCUT2D eigenvalue weighted by atomic mass is 9.98. The third-order valence-corrected chi connectivity index (χ3v) is 4.78. The van der Waals surface area contributed by atoms with Crippen molar-refractivity contribution in [2.75, 3.05) is 0 Å². The van der Waals surface area contributed by atoms with Crippen LogP contribution >= 0.6 is 11.6 Å². The fourth-order valence-electron chi connectivity index (χ4n) is 2.92. The first-order valence-corrected chi connectivity index (χ1v) is 9.25. The van der Waals surface area contributed by atoms with Crippen LogP contribution in [0.25, 0.3) is 0 Å². The van der Waals surface area contributed by atoms with Crippen molar-refractivity contribution in [3.05, 3.63) is 102 Å². The maximum absolute atomic E-state index is 14.0. The van der Waals surface area contributed by atoms with E-state index >= 15 is 0 Å². The number of benzene rings is 2. The van der Waals surface area contributed by atoms with Gasteiger partial charge < -0.3 is 10.3 Å². The molecule has 3 aromatic rings. The smallest absolute Gasteiger partial charge is 0.326 e. The number of carbonyl (C=O) groups is 1. The van der Waals surface area contributed by atoms with Crippen LogP contribution in [0, 0.1) is 23.3 Å². The van der Waals surface area contributed by atoms with E-state index in [1.54, 1.807) is 4.98 Å². The highest BCUT2D eigenvalue weighted by Gasteiger charge is 2.22. The Labute approximate surface area is 176 Å². The number of nitrogens with one attached hydrogen (secondary N) is 3. The van der Waals surface area contributed by atoms with Gasteiger partial charge in [0.2, 0.25) is 5.82 Å². The Kier molecular flexibility index (Phi) is 6.59. The first kappa shape index (κ1) is 22.3. The zero-order valence-electron chi connectivity index (χ0n) is 15.6. The molecule has 0 bridgehead atoms. The van der Waals surface area contributed by atoms with Crippen molar-refractivity contribution >= 4 is 17.5 Å². The van der Waals surface area contributed by atoms with Gasteiger partial charge in [-0.15, -0.1) is 0 Å². The molecule has 0 fully saturated rings. The van der Waals surface area contributed by atoms with E-state index in [-0.39, 0.29) is 23.4 Å². The number of H-pyrrole nitrogens is 2. The molecule has 1 heterocycles. The van der Waals surface area contributed by atoms with E-state index in [0.717, 1.165) is 18.2 Å². The van der Waals surface area contributed by atoms with Crippen molar-refractivity contribution in [3.8, 4) is 0 Å². The van der Waals surface area contributed by atoms with E-state index in [9.17, 15) is 31.9 Å². The average Bonchev–Trinajstić information content (AvgIpc) is 2.72. The summed E-state index contributed by atoms with van der Waals surface area (Å²) in [5.74, 6) is -5.49. The summed E-state index contributed by atoms with van der Waals surface area (Å²) in [6.07, 6.45) is 0.188. The third kappa shape index (κ3) is 5.21.